The molecule has 28 heavy (non-hydrogen) atoms. The van der Waals surface area contributed by atoms with E-state index < -0.39 is 0 Å². The van der Waals surface area contributed by atoms with E-state index in [4.69, 9.17) is 14.0 Å². The normalized spacial score (nSPS) is 13.2. The van der Waals surface area contributed by atoms with Crippen molar-refractivity contribution in [1.29, 1.82) is 0 Å². The van der Waals surface area contributed by atoms with E-state index in [2.05, 4.69) is 5.16 Å². The molecule has 0 saturated carbocycles. The number of benzene rings is 2. The molecule has 0 aliphatic carbocycles. The van der Waals surface area contributed by atoms with Crippen LogP contribution in [-0.4, -0.2) is 36.7 Å². The maximum absolute atomic E-state index is 13.2. The summed E-state index contributed by atoms with van der Waals surface area (Å²) in [5, 5.41) is 4.14. The van der Waals surface area contributed by atoms with Crippen molar-refractivity contribution < 1.29 is 23.2 Å². The van der Waals surface area contributed by atoms with Crippen LogP contribution in [0.4, 0.5) is 4.39 Å². The molecule has 3 aromatic rings. The van der Waals surface area contributed by atoms with Crippen molar-refractivity contribution in [3.63, 3.8) is 0 Å². The molecule has 1 aliphatic rings. The predicted molar refractivity (Wildman–Crippen MR) is 99.9 cm³/mol. The molecule has 4 rings (SSSR count). The van der Waals surface area contributed by atoms with Gasteiger partial charge in [0, 0.05) is 23.2 Å². The molecule has 7 heteroatoms. The van der Waals surface area contributed by atoms with Crippen molar-refractivity contribution in [1.82, 2.24) is 10.1 Å². The van der Waals surface area contributed by atoms with E-state index >= 15 is 0 Å². The zero-order valence-electron chi connectivity index (χ0n) is 15.6. The molecule has 0 fully saturated rings. The zero-order chi connectivity index (χ0) is 19.7. The largest absolute Gasteiger partial charge is 0.493 e. The molecule has 0 bridgehead atoms. The number of halogens is 1. The number of methoxy groups -OCH3 is 2. The third kappa shape index (κ3) is 3.19. The summed E-state index contributed by atoms with van der Waals surface area (Å²) in [4.78, 5) is 14.6. The van der Waals surface area contributed by atoms with Gasteiger partial charge >= 0.3 is 0 Å². The van der Waals surface area contributed by atoms with Gasteiger partial charge < -0.3 is 18.9 Å². The molecule has 0 atom stereocenters. The van der Waals surface area contributed by atoms with Crippen LogP contribution >= 0.6 is 0 Å². The second kappa shape index (κ2) is 7.34. The summed E-state index contributed by atoms with van der Waals surface area (Å²) >= 11 is 0. The second-order valence-electron chi connectivity index (χ2n) is 6.49. The lowest BCUT2D eigenvalue weighted by molar-refractivity contribution is 0.0731. The van der Waals surface area contributed by atoms with Gasteiger partial charge in [-0.2, -0.15) is 0 Å². The Morgan fingerprint density at radius 1 is 1.11 bits per heavy atom. The van der Waals surface area contributed by atoms with Gasteiger partial charge in [0.05, 0.1) is 20.8 Å². The Labute approximate surface area is 161 Å². The number of amides is 1. The Hall–Kier alpha value is -3.35. The standard InChI is InChI=1S/C21H19FN2O4/c1-26-18-8-5-14(11-19(18)27-2)21(25)24-10-9-16-17(12-24)23-28-20(16)13-3-6-15(22)7-4-13/h3-8,11H,9-10,12H2,1-2H3. The molecular weight excluding hydrogens is 363 g/mol. The first kappa shape index (κ1) is 18.0. The van der Waals surface area contributed by atoms with Gasteiger partial charge in [0.1, 0.15) is 11.5 Å². The van der Waals surface area contributed by atoms with E-state index in [9.17, 15) is 9.18 Å². The van der Waals surface area contributed by atoms with Gasteiger partial charge in [-0.25, -0.2) is 4.39 Å². The maximum Gasteiger partial charge on any atom is 0.254 e. The van der Waals surface area contributed by atoms with Crippen LogP contribution in [0.1, 0.15) is 21.6 Å². The van der Waals surface area contributed by atoms with E-state index in [0.717, 1.165) is 16.8 Å². The van der Waals surface area contributed by atoms with Gasteiger partial charge in [0.25, 0.3) is 5.91 Å². The molecular formula is C21H19FN2O4. The van der Waals surface area contributed by atoms with E-state index in [1.54, 1.807) is 42.3 Å². The van der Waals surface area contributed by atoms with Crippen molar-refractivity contribution in [2.24, 2.45) is 0 Å². The molecule has 1 aromatic heterocycles. The summed E-state index contributed by atoms with van der Waals surface area (Å²) < 4.78 is 29.2. The fourth-order valence-electron chi connectivity index (χ4n) is 3.38. The molecule has 0 saturated heterocycles. The molecule has 0 radical (unpaired) electrons. The van der Waals surface area contributed by atoms with Crippen LogP contribution in [0.2, 0.25) is 0 Å². The zero-order valence-corrected chi connectivity index (χ0v) is 15.6. The maximum atomic E-state index is 13.2. The molecule has 0 spiro atoms. The number of fused-ring (bicyclic) bond motifs is 1. The minimum absolute atomic E-state index is 0.113. The molecule has 0 N–H and O–H groups in total. The SMILES string of the molecule is COc1ccc(C(=O)N2CCc3c(noc3-c3ccc(F)cc3)C2)cc1OC. The monoisotopic (exact) mass is 382 g/mol. The molecule has 2 heterocycles. The minimum Gasteiger partial charge on any atom is -0.493 e. The fourth-order valence-corrected chi connectivity index (χ4v) is 3.38. The summed E-state index contributed by atoms with van der Waals surface area (Å²) in [6.45, 7) is 0.892. The van der Waals surface area contributed by atoms with Gasteiger partial charge in [-0.3, -0.25) is 4.79 Å². The van der Waals surface area contributed by atoms with Gasteiger partial charge in [0.2, 0.25) is 0 Å². The highest BCUT2D eigenvalue weighted by Crippen LogP contribution is 2.32. The highest BCUT2D eigenvalue weighted by Gasteiger charge is 2.28. The average Bonchev–Trinajstić information content (AvgIpc) is 3.16. The van der Waals surface area contributed by atoms with Gasteiger partial charge in [-0.15, -0.1) is 0 Å². The van der Waals surface area contributed by atoms with Crippen LogP contribution in [0.15, 0.2) is 47.0 Å². The smallest absolute Gasteiger partial charge is 0.254 e. The second-order valence-corrected chi connectivity index (χ2v) is 6.49. The summed E-state index contributed by atoms with van der Waals surface area (Å²) in [6.07, 6.45) is 0.616. The first-order chi connectivity index (χ1) is 13.6. The Morgan fingerprint density at radius 2 is 1.86 bits per heavy atom. The van der Waals surface area contributed by atoms with Crippen LogP contribution in [0.25, 0.3) is 11.3 Å². The van der Waals surface area contributed by atoms with Gasteiger partial charge in [0.15, 0.2) is 17.3 Å². The van der Waals surface area contributed by atoms with Crippen molar-refractivity contribution in [3.8, 4) is 22.8 Å². The molecule has 6 nitrogen and oxygen atoms in total. The van der Waals surface area contributed by atoms with Crippen LogP contribution in [-0.2, 0) is 13.0 Å². The lowest BCUT2D eigenvalue weighted by Gasteiger charge is -2.26. The molecule has 0 unspecified atom stereocenters. The van der Waals surface area contributed by atoms with Gasteiger partial charge in [-0.1, -0.05) is 5.16 Å². The van der Waals surface area contributed by atoms with Crippen LogP contribution in [0.5, 0.6) is 11.5 Å². The van der Waals surface area contributed by atoms with Crippen LogP contribution < -0.4 is 9.47 Å². The first-order valence-electron chi connectivity index (χ1n) is 8.85. The van der Waals surface area contributed by atoms with E-state index in [-0.39, 0.29) is 11.7 Å². The van der Waals surface area contributed by atoms with Crippen molar-refractivity contribution in [3.05, 3.63) is 65.1 Å². The van der Waals surface area contributed by atoms with Gasteiger partial charge in [-0.05, 0) is 48.9 Å². The van der Waals surface area contributed by atoms with Crippen molar-refractivity contribution in [2.45, 2.75) is 13.0 Å². The predicted octanol–water partition coefficient (Wildman–Crippen LogP) is 3.70. The molecule has 2 aromatic carbocycles. The Morgan fingerprint density at radius 3 is 2.57 bits per heavy atom. The number of carbonyl (C=O) groups is 1. The number of carbonyl (C=O) groups excluding carboxylic acids is 1. The average molecular weight is 382 g/mol. The topological polar surface area (TPSA) is 64.8 Å². The number of ether oxygens (including phenoxy) is 2. The third-order valence-electron chi connectivity index (χ3n) is 4.87. The van der Waals surface area contributed by atoms with Crippen LogP contribution in [0, 0.1) is 5.82 Å². The third-order valence-corrected chi connectivity index (χ3v) is 4.87. The number of rotatable bonds is 4. The first-order valence-corrected chi connectivity index (χ1v) is 8.85. The quantitative estimate of drug-likeness (QED) is 0.689. The van der Waals surface area contributed by atoms with Crippen molar-refractivity contribution in [2.75, 3.05) is 20.8 Å². The summed E-state index contributed by atoms with van der Waals surface area (Å²) in [5.41, 5.74) is 2.97. The van der Waals surface area contributed by atoms with Crippen molar-refractivity contribution >= 4 is 5.91 Å². The highest BCUT2D eigenvalue weighted by atomic mass is 19.1. The highest BCUT2D eigenvalue weighted by molar-refractivity contribution is 5.95. The van der Waals surface area contributed by atoms with E-state index in [0.29, 0.717) is 42.3 Å². The fraction of sp³-hybridized carbons (Fsp3) is 0.238. The molecule has 1 aliphatic heterocycles. The lowest BCUT2D eigenvalue weighted by Crippen LogP contribution is -2.36. The minimum atomic E-state index is -0.302. The number of aromatic nitrogens is 1. The van der Waals surface area contributed by atoms with Crippen LogP contribution in [0.3, 0.4) is 0 Å². The number of nitrogens with zero attached hydrogens (tertiary/aromatic N) is 2. The Balaban J connectivity index is 1.56. The molecule has 144 valence electrons. The summed E-state index contributed by atoms with van der Waals surface area (Å²) in [6, 6.07) is 11.2. The number of hydrogen-bond donors (Lipinski definition) is 0. The Kier molecular flexibility index (Phi) is 4.73. The van der Waals surface area contributed by atoms with E-state index in [1.165, 1.54) is 19.2 Å². The summed E-state index contributed by atoms with van der Waals surface area (Å²) in [5.74, 6) is 1.29. The molecule has 1 amide bonds. The lowest BCUT2D eigenvalue weighted by atomic mass is 10.00. The summed E-state index contributed by atoms with van der Waals surface area (Å²) in [7, 11) is 3.08. The number of hydrogen-bond acceptors (Lipinski definition) is 5. The van der Waals surface area contributed by atoms with E-state index in [1.807, 2.05) is 0 Å². The Bertz CT molecular complexity index is 1010.